The van der Waals surface area contributed by atoms with E-state index in [0.717, 1.165) is 19.4 Å². The van der Waals surface area contributed by atoms with E-state index in [4.69, 9.17) is 23.2 Å². The van der Waals surface area contributed by atoms with Crippen LogP contribution in [0.5, 0.6) is 0 Å². The van der Waals surface area contributed by atoms with Crippen LogP contribution >= 0.6 is 23.2 Å². The Hall–Kier alpha value is -1.96. The van der Waals surface area contributed by atoms with E-state index in [9.17, 15) is 18.3 Å². The average molecular weight is 445 g/mol. The van der Waals surface area contributed by atoms with E-state index in [2.05, 4.69) is 11.6 Å². The average Bonchev–Trinajstić information content (AvgIpc) is 2.64. The number of nitrogens with one attached hydrogen (secondary N) is 1. The second-order valence-corrected chi connectivity index (χ2v) is 8.65. The van der Waals surface area contributed by atoms with Crippen molar-refractivity contribution in [1.82, 2.24) is 0 Å². The largest absolute Gasteiger partial charge is 0.478 e. The van der Waals surface area contributed by atoms with Crippen LogP contribution in [0.4, 0.5) is 11.4 Å². The number of hydrogen-bond acceptors (Lipinski definition) is 4. The summed E-state index contributed by atoms with van der Waals surface area (Å²) in [6.07, 6.45) is 1.90. The van der Waals surface area contributed by atoms with Gasteiger partial charge in [-0.3, -0.25) is 4.72 Å². The molecule has 152 valence electrons. The number of nitrogens with zero attached hydrogens (tertiary/aromatic N) is 1. The molecule has 0 fully saturated rings. The number of carbonyl (C=O) groups is 1. The van der Waals surface area contributed by atoms with Gasteiger partial charge in [0.2, 0.25) is 0 Å². The molecule has 2 rings (SSSR count). The zero-order valence-corrected chi connectivity index (χ0v) is 17.9. The minimum atomic E-state index is -3.99. The van der Waals surface area contributed by atoms with Gasteiger partial charge in [-0.1, -0.05) is 36.5 Å². The Balaban J connectivity index is 2.49. The number of unbranched alkanes of at least 4 members (excludes halogenated alkanes) is 1. The first-order valence-electron chi connectivity index (χ1n) is 8.79. The molecule has 0 aliphatic heterocycles. The van der Waals surface area contributed by atoms with Crippen molar-refractivity contribution >= 4 is 50.6 Å². The van der Waals surface area contributed by atoms with Crippen LogP contribution in [0.3, 0.4) is 0 Å². The molecule has 2 aromatic carbocycles. The SMILES string of the molecule is CCCCN(CC)c1ccc(C(=O)O)cc1NS(=O)(=O)c1ccc(Cl)c(Cl)c1. The Morgan fingerprint density at radius 2 is 1.82 bits per heavy atom. The van der Waals surface area contributed by atoms with Crippen molar-refractivity contribution in [2.24, 2.45) is 0 Å². The molecule has 0 saturated heterocycles. The third kappa shape index (κ3) is 5.31. The number of halogens is 2. The highest BCUT2D eigenvalue weighted by atomic mass is 35.5. The molecule has 0 heterocycles. The molecule has 0 spiro atoms. The summed E-state index contributed by atoms with van der Waals surface area (Å²) in [6, 6.07) is 8.39. The molecule has 6 nitrogen and oxygen atoms in total. The van der Waals surface area contributed by atoms with Gasteiger partial charge < -0.3 is 10.0 Å². The molecule has 0 radical (unpaired) electrons. The Bertz CT molecular complexity index is 964. The number of rotatable bonds is 9. The fraction of sp³-hybridized carbons (Fsp3) is 0.316. The number of aromatic carboxylic acids is 1. The van der Waals surface area contributed by atoms with E-state index in [1.807, 2.05) is 11.8 Å². The molecule has 0 bridgehead atoms. The van der Waals surface area contributed by atoms with Crippen molar-refractivity contribution in [2.45, 2.75) is 31.6 Å². The molecule has 0 atom stereocenters. The van der Waals surface area contributed by atoms with Crippen molar-refractivity contribution in [2.75, 3.05) is 22.7 Å². The third-order valence-electron chi connectivity index (χ3n) is 4.19. The van der Waals surface area contributed by atoms with Crippen molar-refractivity contribution in [3.63, 3.8) is 0 Å². The zero-order chi connectivity index (χ0) is 20.9. The van der Waals surface area contributed by atoms with Crippen LogP contribution in [-0.2, 0) is 10.0 Å². The van der Waals surface area contributed by atoms with Crippen LogP contribution in [-0.4, -0.2) is 32.6 Å². The number of sulfonamides is 1. The van der Waals surface area contributed by atoms with Gasteiger partial charge in [-0.2, -0.15) is 0 Å². The second-order valence-electron chi connectivity index (χ2n) is 6.15. The highest BCUT2D eigenvalue weighted by Crippen LogP contribution is 2.31. The molecule has 28 heavy (non-hydrogen) atoms. The Morgan fingerprint density at radius 1 is 1.11 bits per heavy atom. The van der Waals surface area contributed by atoms with Crippen LogP contribution in [0.15, 0.2) is 41.3 Å². The predicted molar refractivity (Wildman–Crippen MR) is 113 cm³/mol. The smallest absolute Gasteiger partial charge is 0.335 e. The summed E-state index contributed by atoms with van der Waals surface area (Å²) in [5, 5.41) is 9.65. The molecule has 0 saturated carbocycles. The van der Waals surface area contributed by atoms with E-state index < -0.39 is 16.0 Å². The number of anilines is 2. The van der Waals surface area contributed by atoms with Gasteiger partial charge in [-0.25, -0.2) is 13.2 Å². The fourth-order valence-electron chi connectivity index (χ4n) is 2.67. The van der Waals surface area contributed by atoms with Crippen LogP contribution in [0.25, 0.3) is 0 Å². The van der Waals surface area contributed by atoms with E-state index in [0.29, 0.717) is 12.2 Å². The monoisotopic (exact) mass is 444 g/mol. The van der Waals surface area contributed by atoms with E-state index in [-0.39, 0.29) is 26.2 Å². The highest BCUT2D eigenvalue weighted by molar-refractivity contribution is 7.92. The first kappa shape index (κ1) is 22.3. The molecule has 0 aliphatic rings. The molecular weight excluding hydrogens is 423 g/mol. The van der Waals surface area contributed by atoms with Crippen LogP contribution in [0.2, 0.25) is 10.0 Å². The summed E-state index contributed by atoms with van der Waals surface area (Å²) >= 11 is 11.8. The molecule has 0 aliphatic carbocycles. The summed E-state index contributed by atoms with van der Waals surface area (Å²) in [5.41, 5.74) is 0.802. The molecule has 0 unspecified atom stereocenters. The fourth-order valence-corrected chi connectivity index (χ4v) is 4.13. The topological polar surface area (TPSA) is 86.7 Å². The summed E-state index contributed by atoms with van der Waals surface area (Å²) in [5.74, 6) is -1.14. The van der Waals surface area contributed by atoms with Gasteiger partial charge in [0, 0.05) is 13.1 Å². The van der Waals surface area contributed by atoms with E-state index in [1.165, 1.54) is 30.3 Å². The number of carboxylic acids is 1. The third-order valence-corrected chi connectivity index (χ3v) is 6.30. The van der Waals surface area contributed by atoms with Crippen molar-refractivity contribution in [3.8, 4) is 0 Å². The zero-order valence-electron chi connectivity index (χ0n) is 15.6. The molecule has 2 N–H and O–H groups in total. The quantitative estimate of drug-likeness (QED) is 0.560. The Morgan fingerprint density at radius 3 is 2.39 bits per heavy atom. The Labute approximate surface area is 175 Å². The molecule has 0 amide bonds. The molecule has 9 heteroatoms. The Kier molecular flexibility index (Phi) is 7.57. The molecule has 2 aromatic rings. The minimum Gasteiger partial charge on any atom is -0.478 e. The van der Waals surface area contributed by atoms with Crippen molar-refractivity contribution < 1.29 is 18.3 Å². The lowest BCUT2D eigenvalue weighted by atomic mass is 10.1. The standard InChI is InChI=1S/C19H22Cl2N2O4S/c1-3-5-10-23(4-2)18-9-6-13(19(24)25)11-17(18)22-28(26,27)14-7-8-15(20)16(21)12-14/h6-9,11-12,22H,3-5,10H2,1-2H3,(H,24,25). The van der Waals surface area contributed by atoms with Crippen molar-refractivity contribution in [1.29, 1.82) is 0 Å². The maximum absolute atomic E-state index is 12.8. The summed E-state index contributed by atoms with van der Waals surface area (Å²) in [7, 11) is -3.99. The summed E-state index contributed by atoms with van der Waals surface area (Å²) < 4.78 is 28.2. The van der Waals surface area contributed by atoms with Crippen LogP contribution < -0.4 is 9.62 Å². The van der Waals surface area contributed by atoms with Crippen LogP contribution in [0.1, 0.15) is 37.0 Å². The highest BCUT2D eigenvalue weighted by Gasteiger charge is 2.20. The van der Waals surface area contributed by atoms with Gasteiger partial charge in [-0.05, 0) is 49.7 Å². The minimum absolute atomic E-state index is 0.0119. The predicted octanol–water partition coefficient (Wildman–Crippen LogP) is 5.12. The number of benzene rings is 2. The van der Waals surface area contributed by atoms with Gasteiger partial charge >= 0.3 is 5.97 Å². The number of carboxylic acid groups (broad SMARTS) is 1. The van der Waals surface area contributed by atoms with Gasteiger partial charge in [0.15, 0.2) is 0 Å². The normalized spacial score (nSPS) is 11.3. The first-order valence-corrected chi connectivity index (χ1v) is 11.0. The van der Waals surface area contributed by atoms with Gasteiger partial charge in [0.25, 0.3) is 10.0 Å². The maximum atomic E-state index is 12.8. The molecular formula is C19H22Cl2N2O4S. The lowest BCUT2D eigenvalue weighted by Gasteiger charge is -2.26. The first-order chi connectivity index (χ1) is 13.2. The molecule has 0 aromatic heterocycles. The lowest BCUT2D eigenvalue weighted by molar-refractivity contribution is 0.0697. The van der Waals surface area contributed by atoms with Crippen molar-refractivity contribution in [3.05, 3.63) is 52.0 Å². The second kappa shape index (κ2) is 9.49. The van der Waals surface area contributed by atoms with E-state index >= 15 is 0 Å². The van der Waals surface area contributed by atoms with Gasteiger partial charge in [0.1, 0.15) is 0 Å². The van der Waals surface area contributed by atoms with E-state index in [1.54, 1.807) is 6.07 Å². The van der Waals surface area contributed by atoms with Crippen LogP contribution in [0, 0.1) is 0 Å². The lowest BCUT2D eigenvalue weighted by Crippen LogP contribution is -2.26. The summed E-state index contributed by atoms with van der Waals surface area (Å²) in [6.45, 7) is 5.39. The summed E-state index contributed by atoms with van der Waals surface area (Å²) in [4.78, 5) is 13.3. The number of hydrogen-bond donors (Lipinski definition) is 2. The van der Waals surface area contributed by atoms with Gasteiger partial charge in [-0.15, -0.1) is 0 Å². The maximum Gasteiger partial charge on any atom is 0.335 e. The van der Waals surface area contributed by atoms with Gasteiger partial charge in [0.05, 0.1) is 31.9 Å².